The minimum absolute atomic E-state index is 0.481. The number of aliphatic carboxylic acids is 1. The lowest BCUT2D eigenvalue weighted by molar-refractivity contribution is -0.182. The second-order valence-corrected chi connectivity index (χ2v) is 8.66. The van der Waals surface area contributed by atoms with Crippen LogP contribution in [0.1, 0.15) is 32.3 Å². The summed E-state index contributed by atoms with van der Waals surface area (Å²) in [6.45, 7) is 3.61. The molecule has 2 aromatic rings. The number of esters is 1. The van der Waals surface area contributed by atoms with Crippen molar-refractivity contribution in [1.29, 1.82) is 0 Å². The van der Waals surface area contributed by atoms with Gasteiger partial charge in [0, 0.05) is 12.0 Å². The van der Waals surface area contributed by atoms with E-state index >= 15 is 0 Å². The van der Waals surface area contributed by atoms with Gasteiger partial charge >= 0.3 is 18.1 Å². The number of para-hydroxylation sites is 1. The predicted molar refractivity (Wildman–Crippen MR) is 115 cm³/mol. The molecule has 0 bridgehead atoms. The minimum Gasteiger partial charge on any atom is -0.481 e. The van der Waals surface area contributed by atoms with Crippen LogP contribution in [0.2, 0.25) is 0 Å². The highest BCUT2D eigenvalue weighted by molar-refractivity contribution is 5.85. The van der Waals surface area contributed by atoms with Gasteiger partial charge < -0.3 is 14.6 Å². The van der Waals surface area contributed by atoms with Crippen molar-refractivity contribution in [3.63, 3.8) is 0 Å². The summed E-state index contributed by atoms with van der Waals surface area (Å²) in [6, 6.07) is 16.3. The first kappa shape index (κ1) is 24.4. The van der Waals surface area contributed by atoms with Gasteiger partial charge in [-0.2, -0.15) is 13.2 Å². The molecule has 5 nitrogen and oxygen atoms in total. The van der Waals surface area contributed by atoms with Crippen LogP contribution in [0, 0.1) is 16.7 Å². The summed E-state index contributed by atoms with van der Waals surface area (Å²) in [6.07, 6.45) is -2.41. The van der Waals surface area contributed by atoms with Gasteiger partial charge in [-0.15, -0.1) is 0 Å². The number of carboxylic acid groups (broad SMARTS) is 1. The molecule has 1 aliphatic carbocycles. The van der Waals surface area contributed by atoms with E-state index in [1.165, 1.54) is 6.08 Å². The summed E-state index contributed by atoms with van der Waals surface area (Å²) in [4.78, 5) is 24.2. The Morgan fingerprint density at radius 2 is 1.73 bits per heavy atom. The Morgan fingerprint density at radius 3 is 2.33 bits per heavy atom. The topological polar surface area (TPSA) is 72.8 Å². The zero-order chi connectivity index (χ0) is 24.4. The number of carbonyl (C=O) groups is 2. The van der Waals surface area contributed by atoms with E-state index in [4.69, 9.17) is 4.74 Å². The fourth-order valence-electron chi connectivity index (χ4n) is 4.76. The quantitative estimate of drug-likeness (QED) is 0.386. The Morgan fingerprint density at radius 1 is 1.09 bits per heavy atom. The van der Waals surface area contributed by atoms with Crippen molar-refractivity contribution in [2.75, 3.05) is 6.61 Å². The summed E-state index contributed by atoms with van der Waals surface area (Å²) in [5.41, 5.74) is -1.29. The summed E-state index contributed by atoms with van der Waals surface area (Å²) in [5.74, 6) is -2.10. The van der Waals surface area contributed by atoms with Gasteiger partial charge in [0.2, 0.25) is 0 Å². The van der Waals surface area contributed by atoms with Gasteiger partial charge in [-0.05, 0) is 41.2 Å². The van der Waals surface area contributed by atoms with Crippen molar-refractivity contribution in [2.24, 2.45) is 16.7 Å². The van der Waals surface area contributed by atoms with Crippen LogP contribution in [0.3, 0.4) is 0 Å². The van der Waals surface area contributed by atoms with Crippen LogP contribution in [0.4, 0.5) is 13.2 Å². The largest absolute Gasteiger partial charge is 0.481 e. The van der Waals surface area contributed by atoms with Gasteiger partial charge in [0.1, 0.15) is 11.5 Å². The summed E-state index contributed by atoms with van der Waals surface area (Å²) in [5, 5.41) is 10.2. The maximum atomic E-state index is 12.5. The summed E-state index contributed by atoms with van der Waals surface area (Å²) < 4.78 is 46.8. The molecule has 0 aromatic heterocycles. The van der Waals surface area contributed by atoms with E-state index < -0.39 is 47.4 Å². The Bertz CT molecular complexity index is 1050. The molecule has 0 spiro atoms. The number of hydrogen-bond acceptors (Lipinski definition) is 4. The smallest absolute Gasteiger partial charge is 0.422 e. The van der Waals surface area contributed by atoms with Crippen LogP contribution in [0.5, 0.6) is 11.5 Å². The van der Waals surface area contributed by atoms with Gasteiger partial charge in [0.25, 0.3) is 0 Å². The molecule has 1 N–H and O–H groups in total. The lowest BCUT2D eigenvalue weighted by Crippen LogP contribution is -2.28. The Hall–Kier alpha value is -3.29. The van der Waals surface area contributed by atoms with E-state index in [0.29, 0.717) is 11.5 Å². The van der Waals surface area contributed by atoms with Crippen LogP contribution in [0.15, 0.2) is 66.7 Å². The maximum Gasteiger partial charge on any atom is 0.422 e. The molecule has 2 aromatic carbocycles. The number of benzene rings is 2. The monoisotopic (exact) mass is 462 g/mol. The zero-order valence-corrected chi connectivity index (χ0v) is 18.4. The fraction of sp³-hybridized carbons (Fsp3) is 0.360. The number of hydrogen-bond donors (Lipinski definition) is 1. The molecule has 0 amide bonds. The molecule has 0 heterocycles. The van der Waals surface area contributed by atoms with E-state index in [-0.39, 0.29) is 0 Å². The lowest BCUT2D eigenvalue weighted by Gasteiger charge is -2.24. The predicted octanol–water partition coefficient (Wildman–Crippen LogP) is 5.97. The molecular weight excluding hydrogens is 437 g/mol. The SMILES string of the molecule is CC(c1cccc(Oc2ccccc2)c1)[C@@]1(C(=O)O)[C@H](C=CC(=O)OCC(F)(F)F)C1(C)C. The molecule has 176 valence electrons. The maximum absolute atomic E-state index is 12.5. The first-order valence-electron chi connectivity index (χ1n) is 10.4. The van der Waals surface area contributed by atoms with Crippen LogP contribution < -0.4 is 4.74 Å². The lowest BCUT2D eigenvalue weighted by atomic mass is 9.79. The van der Waals surface area contributed by atoms with E-state index in [1.807, 2.05) is 18.2 Å². The molecule has 1 saturated carbocycles. The van der Waals surface area contributed by atoms with Gasteiger partial charge in [0.05, 0.1) is 5.41 Å². The third kappa shape index (κ3) is 4.89. The molecule has 1 unspecified atom stereocenters. The number of rotatable bonds is 8. The number of carboxylic acids is 1. The molecule has 1 fully saturated rings. The van der Waals surface area contributed by atoms with E-state index in [0.717, 1.165) is 11.6 Å². The van der Waals surface area contributed by atoms with Gasteiger partial charge in [-0.3, -0.25) is 4.79 Å². The van der Waals surface area contributed by atoms with Crippen LogP contribution >= 0.6 is 0 Å². The number of allylic oxidation sites excluding steroid dienone is 1. The third-order valence-electron chi connectivity index (χ3n) is 6.43. The first-order valence-corrected chi connectivity index (χ1v) is 10.4. The highest BCUT2D eigenvalue weighted by Crippen LogP contribution is 2.75. The first-order chi connectivity index (χ1) is 15.4. The molecule has 0 saturated heterocycles. The Balaban J connectivity index is 1.83. The highest BCUT2D eigenvalue weighted by Gasteiger charge is 2.76. The normalized spacial score (nSPS) is 22.5. The summed E-state index contributed by atoms with van der Waals surface area (Å²) >= 11 is 0. The Kier molecular flexibility index (Phi) is 6.58. The van der Waals surface area contributed by atoms with Crippen LogP contribution in [0.25, 0.3) is 0 Å². The van der Waals surface area contributed by atoms with Crippen molar-refractivity contribution < 1.29 is 37.3 Å². The van der Waals surface area contributed by atoms with E-state index in [1.54, 1.807) is 57.2 Å². The van der Waals surface area contributed by atoms with E-state index in [9.17, 15) is 27.9 Å². The van der Waals surface area contributed by atoms with Crippen molar-refractivity contribution >= 4 is 11.9 Å². The Labute approximate surface area is 189 Å². The number of ether oxygens (including phenoxy) is 2. The number of halogens is 3. The molecular formula is C25H25F3O5. The van der Waals surface area contributed by atoms with Gasteiger partial charge in [-0.1, -0.05) is 57.2 Å². The number of alkyl halides is 3. The third-order valence-corrected chi connectivity index (χ3v) is 6.43. The van der Waals surface area contributed by atoms with Gasteiger partial charge in [-0.25, -0.2) is 4.79 Å². The average molecular weight is 462 g/mol. The molecule has 0 aliphatic heterocycles. The van der Waals surface area contributed by atoms with Crippen molar-refractivity contribution in [3.05, 3.63) is 72.3 Å². The molecule has 1 aliphatic rings. The van der Waals surface area contributed by atoms with Crippen molar-refractivity contribution in [1.82, 2.24) is 0 Å². The molecule has 3 atom stereocenters. The highest BCUT2D eigenvalue weighted by atomic mass is 19.4. The molecule has 33 heavy (non-hydrogen) atoms. The van der Waals surface area contributed by atoms with Crippen LogP contribution in [-0.2, 0) is 14.3 Å². The number of carbonyl (C=O) groups excluding carboxylic acids is 1. The molecule has 0 radical (unpaired) electrons. The second kappa shape index (κ2) is 8.92. The zero-order valence-electron chi connectivity index (χ0n) is 18.4. The average Bonchev–Trinajstić information content (AvgIpc) is 3.26. The second-order valence-electron chi connectivity index (χ2n) is 8.66. The van der Waals surface area contributed by atoms with Crippen molar-refractivity contribution in [2.45, 2.75) is 32.9 Å². The van der Waals surface area contributed by atoms with Crippen molar-refractivity contribution in [3.8, 4) is 11.5 Å². The minimum atomic E-state index is -4.63. The fourth-order valence-corrected chi connectivity index (χ4v) is 4.76. The summed E-state index contributed by atoms with van der Waals surface area (Å²) in [7, 11) is 0. The van der Waals surface area contributed by atoms with E-state index in [2.05, 4.69) is 4.74 Å². The molecule has 3 rings (SSSR count). The molecule has 8 heteroatoms. The van der Waals surface area contributed by atoms with Gasteiger partial charge in [0.15, 0.2) is 6.61 Å². The standard InChI is InChI=1S/C25H25F3O5/c1-16(17-8-7-11-19(14-17)33-18-9-5-4-6-10-18)25(22(30)31)20(23(25,2)3)12-13-21(29)32-15-24(26,27)28/h4-14,16,20H,15H2,1-3H3,(H,30,31)/t16?,20-,25+/m1/s1. The van der Waals surface area contributed by atoms with Crippen LogP contribution in [-0.4, -0.2) is 29.8 Å².